The molecule has 1 saturated heterocycles. The van der Waals surface area contributed by atoms with E-state index in [2.05, 4.69) is 60.3 Å². The maximum atomic E-state index is 3.53. The van der Waals surface area contributed by atoms with Gasteiger partial charge in [-0.25, -0.2) is 0 Å². The largest absolute Gasteiger partial charge is 0.368 e. The normalized spacial score (nSPS) is 20.4. The smallest absolute Gasteiger partial charge is 0.0412 e. The summed E-state index contributed by atoms with van der Waals surface area (Å²) in [5.41, 5.74) is 2.85. The zero-order chi connectivity index (χ0) is 14.4. The second-order valence-corrected chi connectivity index (χ2v) is 5.79. The Morgan fingerprint density at radius 3 is 2.75 bits per heavy atom. The molecule has 0 aliphatic carbocycles. The molecular formula is C17H29N3. The van der Waals surface area contributed by atoms with E-state index in [4.69, 9.17) is 0 Å². The first-order valence-corrected chi connectivity index (χ1v) is 8.00. The average Bonchev–Trinajstić information content (AvgIpc) is 2.49. The molecule has 2 rings (SSSR count). The van der Waals surface area contributed by atoms with Crippen LogP contribution in [0.3, 0.4) is 0 Å². The molecule has 1 unspecified atom stereocenters. The van der Waals surface area contributed by atoms with Crippen LogP contribution in [-0.2, 0) is 6.54 Å². The minimum atomic E-state index is 0.681. The molecule has 0 amide bonds. The molecule has 1 N–H and O–H groups in total. The summed E-state index contributed by atoms with van der Waals surface area (Å²) < 4.78 is 0. The Morgan fingerprint density at radius 1 is 1.20 bits per heavy atom. The monoisotopic (exact) mass is 275 g/mol. The van der Waals surface area contributed by atoms with Crippen molar-refractivity contribution >= 4 is 5.69 Å². The van der Waals surface area contributed by atoms with E-state index in [0.717, 1.165) is 32.7 Å². The third-order valence-corrected chi connectivity index (χ3v) is 4.32. The Balaban J connectivity index is 2.07. The van der Waals surface area contributed by atoms with Crippen molar-refractivity contribution in [3.05, 3.63) is 29.8 Å². The fraction of sp³-hybridized carbons (Fsp3) is 0.647. The predicted octanol–water partition coefficient (Wildman–Crippen LogP) is 2.72. The van der Waals surface area contributed by atoms with E-state index < -0.39 is 0 Å². The molecule has 0 radical (unpaired) electrons. The number of para-hydroxylation sites is 1. The summed E-state index contributed by atoms with van der Waals surface area (Å²) in [5.74, 6) is 0. The van der Waals surface area contributed by atoms with Gasteiger partial charge in [-0.15, -0.1) is 0 Å². The Morgan fingerprint density at radius 2 is 2.00 bits per heavy atom. The van der Waals surface area contributed by atoms with E-state index in [1.165, 1.54) is 24.1 Å². The van der Waals surface area contributed by atoms with Gasteiger partial charge in [0.15, 0.2) is 0 Å². The lowest BCUT2D eigenvalue weighted by Crippen LogP contribution is -2.51. The van der Waals surface area contributed by atoms with Crippen molar-refractivity contribution in [2.24, 2.45) is 0 Å². The van der Waals surface area contributed by atoms with Crippen molar-refractivity contribution in [2.75, 3.05) is 38.1 Å². The first kappa shape index (κ1) is 15.3. The first-order chi connectivity index (χ1) is 9.76. The zero-order valence-electron chi connectivity index (χ0n) is 13.2. The lowest BCUT2D eigenvalue weighted by molar-refractivity contribution is 0.213. The van der Waals surface area contributed by atoms with Crippen molar-refractivity contribution in [1.29, 1.82) is 0 Å². The highest BCUT2D eigenvalue weighted by Gasteiger charge is 2.23. The van der Waals surface area contributed by atoms with Gasteiger partial charge >= 0.3 is 0 Å². The van der Waals surface area contributed by atoms with Gasteiger partial charge in [-0.05, 0) is 38.1 Å². The molecule has 0 aromatic heterocycles. The highest BCUT2D eigenvalue weighted by atomic mass is 15.3. The van der Waals surface area contributed by atoms with Gasteiger partial charge in [0, 0.05) is 37.9 Å². The molecule has 1 aliphatic rings. The number of nitrogens with zero attached hydrogens (tertiary/aromatic N) is 2. The zero-order valence-corrected chi connectivity index (χ0v) is 13.2. The Kier molecular flexibility index (Phi) is 5.86. The quantitative estimate of drug-likeness (QED) is 0.805. The van der Waals surface area contributed by atoms with Crippen LogP contribution in [0.5, 0.6) is 0 Å². The molecule has 112 valence electrons. The average molecular weight is 275 g/mol. The van der Waals surface area contributed by atoms with Crippen LogP contribution in [0, 0.1) is 0 Å². The molecule has 0 bridgehead atoms. The van der Waals surface area contributed by atoms with E-state index in [9.17, 15) is 0 Å². The van der Waals surface area contributed by atoms with Crippen molar-refractivity contribution in [3.8, 4) is 0 Å². The number of rotatable bonds is 6. The second-order valence-electron chi connectivity index (χ2n) is 5.79. The lowest BCUT2D eigenvalue weighted by Gasteiger charge is -2.41. The first-order valence-electron chi connectivity index (χ1n) is 8.00. The van der Waals surface area contributed by atoms with E-state index in [-0.39, 0.29) is 0 Å². The summed E-state index contributed by atoms with van der Waals surface area (Å²) in [5, 5.41) is 3.53. The number of hydrogen-bond acceptors (Lipinski definition) is 3. The molecule has 0 spiro atoms. The van der Waals surface area contributed by atoms with Gasteiger partial charge < -0.3 is 10.2 Å². The Hall–Kier alpha value is -1.06. The van der Waals surface area contributed by atoms with Gasteiger partial charge in [0.1, 0.15) is 0 Å². The topological polar surface area (TPSA) is 18.5 Å². The van der Waals surface area contributed by atoms with Crippen LogP contribution in [0.1, 0.15) is 32.3 Å². The van der Waals surface area contributed by atoms with Gasteiger partial charge in [-0.3, -0.25) is 4.90 Å². The summed E-state index contributed by atoms with van der Waals surface area (Å²) in [6.07, 6.45) is 2.41. The third kappa shape index (κ3) is 3.74. The van der Waals surface area contributed by atoms with Crippen LogP contribution in [0.4, 0.5) is 5.69 Å². The maximum absolute atomic E-state index is 3.53. The van der Waals surface area contributed by atoms with Gasteiger partial charge in [-0.1, -0.05) is 32.0 Å². The number of likely N-dealkylation sites (N-methyl/N-ethyl adjacent to an activating group) is 1. The van der Waals surface area contributed by atoms with Gasteiger partial charge in [0.05, 0.1) is 0 Å². The standard InChI is InChI=1S/C17H29N3/c1-4-10-18-13-15-8-6-7-9-17(15)20-12-11-19(3)16(5-2)14-20/h6-9,16,18H,4-5,10-14H2,1-3H3. The molecule has 1 aromatic rings. The molecule has 1 atom stereocenters. The lowest BCUT2D eigenvalue weighted by atomic mass is 10.1. The van der Waals surface area contributed by atoms with Crippen molar-refractivity contribution in [1.82, 2.24) is 10.2 Å². The van der Waals surface area contributed by atoms with Crippen LogP contribution < -0.4 is 10.2 Å². The summed E-state index contributed by atoms with van der Waals surface area (Å²) >= 11 is 0. The summed E-state index contributed by atoms with van der Waals surface area (Å²) in [6, 6.07) is 9.54. The number of benzene rings is 1. The fourth-order valence-corrected chi connectivity index (χ4v) is 2.97. The van der Waals surface area contributed by atoms with E-state index >= 15 is 0 Å². The number of piperazine rings is 1. The number of nitrogens with one attached hydrogen (secondary N) is 1. The van der Waals surface area contributed by atoms with Gasteiger partial charge in [0.2, 0.25) is 0 Å². The van der Waals surface area contributed by atoms with Crippen molar-refractivity contribution in [3.63, 3.8) is 0 Å². The molecule has 1 heterocycles. The van der Waals surface area contributed by atoms with Crippen LogP contribution in [0.25, 0.3) is 0 Å². The van der Waals surface area contributed by atoms with Crippen LogP contribution in [0.15, 0.2) is 24.3 Å². The minimum Gasteiger partial charge on any atom is -0.368 e. The maximum Gasteiger partial charge on any atom is 0.0412 e. The highest BCUT2D eigenvalue weighted by molar-refractivity contribution is 5.54. The molecular weight excluding hydrogens is 246 g/mol. The Labute approximate surface area is 124 Å². The van der Waals surface area contributed by atoms with Gasteiger partial charge in [-0.2, -0.15) is 0 Å². The third-order valence-electron chi connectivity index (χ3n) is 4.32. The van der Waals surface area contributed by atoms with Crippen molar-refractivity contribution < 1.29 is 0 Å². The summed E-state index contributed by atoms with van der Waals surface area (Å²) in [6.45, 7) is 10.0. The van der Waals surface area contributed by atoms with Gasteiger partial charge in [0.25, 0.3) is 0 Å². The highest BCUT2D eigenvalue weighted by Crippen LogP contribution is 2.24. The molecule has 3 heteroatoms. The summed E-state index contributed by atoms with van der Waals surface area (Å²) in [7, 11) is 2.25. The number of anilines is 1. The molecule has 3 nitrogen and oxygen atoms in total. The SMILES string of the molecule is CCCNCc1ccccc1N1CCN(C)C(CC)C1. The van der Waals surface area contributed by atoms with Crippen LogP contribution in [-0.4, -0.2) is 44.2 Å². The van der Waals surface area contributed by atoms with Crippen LogP contribution >= 0.6 is 0 Å². The number of hydrogen-bond donors (Lipinski definition) is 1. The fourth-order valence-electron chi connectivity index (χ4n) is 2.97. The van der Waals surface area contributed by atoms with E-state index in [1.54, 1.807) is 0 Å². The van der Waals surface area contributed by atoms with Crippen LogP contribution in [0.2, 0.25) is 0 Å². The van der Waals surface area contributed by atoms with E-state index in [0.29, 0.717) is 6.04 Å². The minimum absolute atomic E-state index is 0.681. The van der Waals surface area contributed by atoms with E-state index in [1.807, 2.05) is 0 Å². The summed E-state index contributed by atoms with van der Waals surface area (Å²) in [4.78, 5) is 5.06. The molecule has 1 aliphatic heterocycles. The molecule has 1 aromatic carbocycles. The molecule has 0 saturated carbocycles. The molecule has 20 heavy (non-hydrogen) atoms. The second kappa shape index (κ2) is 7.65. The van der Waals surface area contributed by atoms with Crippen molar-refractivity contribution in [2.45, 2.75) is 39.3 Å². The predicted molar refractivity (Wildman–Crippen MR) is 87.4 cm³/mol. The Bertz CT molecular complexity index is 405. The molecule has 1 fully saturated rings.